The molecule has 0 N–H and O–H groups in total. The van der Waals surface area contributed by atoms with Crippen LogP contribution in [0.1, 0.15) is 25.0 Å². The first kappa shape index (κ1) is 17.2. The zero-order valence-electron chi connectivity index (χ0n) is 13.8. The topological polar surface area (TPSA) is 42.4 Å². The van der Waals surface area contributed by atoms with E-state index in [-0.39, 0.29) is 5.91 Å². The molecular weight excluding hydrogens is 288 g/mol. The third-order valence-electron chi connectivity index (χ3n) is 3.71. The lowest BCUT2D eigenvalue weighted by Gasteiger charge is -2.26. The first-order chi connectivity index (χ1) is 11.2. The second-order valence-electron chi connectivity index (χ2n) is 5.45. The van der Waals surface area contributed by atoms with Crippen molar-refractivity contribution < 1.29 is 9.53 Å². The van der Waals surface area contributed by atoms with Crippen molar-refractivity contribution in [1.29, 1.82) is 0 Å². The molecule has 2 aromatic rings. The minimum atomic E-state index is -0.419. The summed E-state index contributed by atoms with van der Waals surface area (Å²) in [4.78, 5) is 18.5. The van der Waals surface area contributed by atoms with Crippen LogP contribution in [-0.2, 0) is 22.5 Å². The first-order valence-corrected chi connectivity index (χ1v) is 8.04. The maximum Gasteiger partial charge on any atom is 0.251 e. The maximum absolute atomic E-state index is 12.6. The Labute approximate surface area is 138 Å². The van der Waals surface area contributed by atoms with Crippen molar-refractivity contribution in [3.05, 3.63) is 66.0 Å². The van der Waals surface area contributed by atoms with Gasteiger partial charge in [0.2, 0.25) is 0 Å². The van der Waals surface area contributed by atoms with Gasteiger partial charge in [-0.25, -0.2) is 0 Å². The number of carbonyl (C=O) groups excluding carboxylic acids is 1. The third-order valence-corrected chi connectivity index (χ3v) is 3.71. The molecule has 0 fully saturated rings. The average molecular weight is 312 g/mol. The summed E-state index contributed by atoms with van der Waals surface area (Å²) in [5.41, 5.74) is 2.30. The molecule has 0 spiro atoms. The molecule has 0 radical (unpaired) electrons. The molecule has 122 valence electrons. The minimum Gasteiger partial charge on any atom is -0.369 e. The van der Waals surface area contributed by atoms with E-state index in [9.17, 15) is 4.79 Å². The lowest BCUT2D eigenvalue weighted by Crippen LogP contribution is -2.40. The Bertz CT molecular complexity index is 587. The van der Waals surface area contributed by atoms with Gasteiger partial charge in [-0.3, -0.25) is 9.78 Å². The van der Waals surface area contributed by atoms with Crippen LogP contribution in [0.2, 0.25) is 0 Å². The van der Waals surface area contributed by atoms with Crippen LogP contribution in [0.25, 0.3) is 0 Å². The van der Waals surface area contributed by atoms with Crippen molar-refractivity contribution >= 4 is 5.91 Å². The third kappa shape index (κ3) is 5.49. The van der Waals surface area contributed by atoms with Crippen molar-refractivity contribution in [2.75, 3.05) is 13.2 Å². The second-order valence-corrected chi connectivity index (χ2v) is 5.45. The second kappa shape index (κ2) is 9.06. The van der Waals surface area contributed by atoms with Gasteiger partial charge in [0.05, 0.1) is 0 Å². The molecule has 2 rings (SSSR count). The SMILES string of the molecule is CCO[C@@H](C)C(=O)N(CCc1ccccc1)Cc1ccncc1. The van der Waals surface area contributed by atoms with E-state index in [1.54, 1.807) is 12.4 Å². The Balaban J connectivity index is 2.05. The zero-order valence-corrected chi connectivity index (χ0v) is 13.8. The molecule has 0 saturated heterocycles. The Kier molecular flexibility index (Phi) is 6.76. The Hall–Kier alpha value is -2.20. The number of rotatable bonds is 8. The van der Waals surface area contributed by atoms with Gasteiger partial charge in [0, 0.05) is 32.1 Å². The van der Waals surface area contributed by atoms with Gasteiger partial charge in [-0.15, -0.1) is 0 Å². The summed E-state index contributed by atoms with van der Waals surface area (Å²) in [6, 6.07) is 14.1. The Morgan fingerprint density at radius 2 is 1.83 bits per heavy atom. The highest BCUT2D eigenvalue weighted by Gasteiger charge is 2.20. The number of aromatic nitrogens is 1. The van der Waals surface area contributed by atoms with E-state index in [1.807, 2.05) is 49.1 Å². The van der Waals surface area contributed by atoms with Gasteiger partial charge in [0.15, 0.2) is 0 Å². The van der Waals surface area contributed by atoms with Crippen LogP contribution in [0.5, 0.6) is 0 Å². The fraction of sp³-hybridized carbons (Fsp3) is 0.368. The van der Waals surface area contributed by atoms with Crippen LogP contribution >= 0.6 is 0 Å². The smallest absolute Gasteiger partial charge is 0.251 e. The lowest BCUT2D eigenvalue weighted by atomic mass is 10.1. The van der Waals surface area contributed by atoms with Gasteiger partial charge in [0.25, 0.3) is 5.91 Å². The molecule has 0 saturated carbocycles. The summed E-state index contributed by atoms with van der Waals surface area (Å²) >= 11 is 0. The highest BCUT2D eigenvalue weighted by Crippen LogP contribution is 2.09. The quantitative estimate of drug-likeness (QED) is 0.752. The monoisotopic (exact) mass is 312 g/mol. The van der Waals surface area contributed by atoms with Crippen LogP contribution in [0.15, 0.2) is 54.9 Å². The van der Waals surface area contributed by atoms with E-state index >= 15 is 0 Å². The Morgan fingerprint density at radius 1 is 1.13 bits per heavy atom. The molecular formula is C19H24N2O2. The van der Waals surface area contributed by atoms with E-state index in [0.717, 1.165) is 12.0 Å². The summed E-state index contributed by atoms with van der Waals surface area (Å²) in [5.74, 6) is 0.0274. The van der Waals surface area contributed by atoms with Crippen LogP contribution in [0, 0.1) is 0 Å². The fourth-order valence-electron chi connectivity index (χ4n) is 2.46. The van der Waals surface area contributed by atoms with Crippen LogP contribution in [0.3, 0.4) is 0 Å². The number of benzene rings is 1. The molecule has 1 atom stereocenters. The molecule has 1 heterocycles. The van der Waals surface area contributed by atoms with E-state index in [1.165, 1.54) is 5.56 Å². The first-order valence-electron chi connectivity index (χ1n) is 8.04. The predicted molar refractivity (Wildman–Crippen MR) is 90.9 cm³/mol. The molecule has 23 heavy (non-hydrogen) atoms. The van der Waals surface area contributed by atoms with Crippen LogP contribution in [-0.4, -0.2) is 35.0 Å². The molecule has 0 bridgehead atoms. The number of hydrogen-bond donors (Lipinski definition) is 0. The summed E-state index contributed by atoms with van der Waals surface area (Å²) in [6.07, 6.45) is 3.91. The molecule has 0 unspecified atom stereocenters. The average Bonchev–Trinajstić information content (AvgIpc) is 2.60. The van der Waals surface area contributed by atoms with Crippen LogP contribution < -0.4 is 0 Å². The molecule has 0 aliphatic carbocycles. The standard InChI is InChI=1S/C19H24N2O2/c1-3-23-16(2)19(22)21(15-18-9-12-20-13-10-18)14-11-17-7-5-4-6-8-17/h4-10,12-13,16H,3,11,14-15H2,1-2H3/t16-/m0/s1. The summed E-state index contributed by atoms with van der Waals surface area (Å²) in [5, 5.41) is 0. The normalized spacial score (nSPS) is 11.9. The van der Waals surface area contributed by atoms with Gasteiger partial charge in [-0.05, 0) is 43.5 Å². The van der Waals surface area contributed by atoms with Crippen molar-refractivity contribution in [2.45, 2.75) is 32.9 Å². The minimum absolute atomic E-state index is 0.0274. The summed E-state index contributed by atoms with van der Waals surface area (Å²) < 4.78 is 5.47. The highest BCUT2D eigenvalue weighted by atomic mass is 16.5. The van der Waals surface area contributed by atoms with Crippen molar-refractivity contribution in [2.24, 2.45) is 0 Å². The van der Waals surface area contributed by atoms with E-state index in [2.05, 4.69) is 17.1 Å². The predicted octanol–water partition coefficient (Wildman–Crippen LogP) is 3.08. The maximum atomic E-state index is 12.6. The van der Waals surface area contributed by atoms with E-state index in [0.29, 0.717) is 19.7 Å². The Morgan fingerprint density at radius 3 is 2.48 bits per heavy atom. The largest absolute Gasteiger partial charge is 0.369 e. The number of pyridine rings is 1. The molecule has 1 aromatic carbocycles. The van der Waals surface area contributed by atoms with Crippen molar-refractivity contribution in [3.8, 4) is 0 Å². The number of amides is 1. The van der Waals surface area contributed by atoms with Gasteiger partial charge >= 0.3 is 0 Å². The fourth-order valence-corrected chi connectivity index (χ4v) is 2.46. The van der Waals surface area contributed by atoms with E-state index < -0.39 is 6.10 Å². The zero-order chi connectivity index (χ0) is 16.5. The summed E-state index contributed by atoms with van der Waals surface area (Å²) in [7, 11) is 0. The molecule has 0 aliphatic heterocycles. The van der Waals surface area contributed by atoms with Gasteiger partial charge in [0.1, 0.15) is 6.10 Å². The molecule has 4 heteroatoms. The number of nitrogens with zero attached hydrogens (tertiary/aromatic N) is 2. The van der Waals surface area contributed by atoms with E-state index in [4.69, 9.17) is 4.74 Å². The number of hydrogen-bond acceptors (Lipinski definition) is 3. The van der Waals surface area contributed by atoms with Crippen LogP contribution in [0.4, 0.5) is 0 Å². The number of carbonyl (C=O) groups is 1. The van der Waals surface area contributed by atoms with Crippen molar-refractivity contribution in [3.63, 3.8) is 0 Å². The number of ether oxygens (including phenoxy) is 1. The van der Waals surface area contributed by atoms with Crippen molar-refractivity contribution in [1.82, 2.24) is 9.88 Å². The highest BCUT2D eigenvalue weighted by molar-refractivity contribution is 5.80. The summed E-state index contributed by atoms with van der Waals surface area (Å²) in [6.45, 7) is 5.50. The van der Waals surface area contributed by atoms with Gasteiger partial charge < -0.3 is 9.64 Å². The molecule has 1 aromatic heterocycles. The molecule has 1 amide bonds. The molecule has 0 aliphatic rings. The molecule has 4 nitrogen and oxygen atoms in total. The van der Waals surface area contributed by atoms with Gasteiger partial charge in [-0.1, -0.05) is 30.3 Å². The lowest BCUT2D eigenvalue weighted by molar-refractivity contribution is -0.143. The van der Waals surface area contributed by atoms with Gasteiger partial charge in [-0.2, -0.15) is 0 Å².